The van der Waals surface area contributed by atoms with Crippen molar-refractivity contribution in [2.24, 2.45) is 5.41 Å². The predicted octanol–water partition coefficient (Wildman–Crippen LogP) is 2.34. The van der Waals surface area contributed by atoms with Gasteiger partial charge in [0.15, 0.2) is 0 Å². The fraction of sp³-hybridized carbons (Fsp3) is 0.529. The molecule has 1 heterocycles. The topological polar surface area (TPSA) is 52.7 Å². The van der Waals surface area contributed by atoms with E-state index in [1.165, 1.54) is 18.2 Å². The molecule has 1 aromatic rings. The van der Waals surface area contributed by atoms with Gasteiger partial charge in [0.25, 0.3) is 5.91 Å². The van der Waals surface area contributed by atoms with Crippen LogP contribution in [0, 0.1) is 11.2 Å². The number of hydrogen-bond acceptors (Lipinski definition) is 2. The molecule has 1 N–H and O–H groups in total. The molecule has 0 aliphatic carbocycles. The van der Waals surface area contributed by atoms with Crippen LogP contribution in [0.15, 0.2) is 24.3 Å². The first-order chi connectivity index (χ1) is 10.8. The van der Waals surface area contributed by atoms with Crippen LogP contribution in [0.2, 0.25) is 0 Å². The Morgan fingerprint density at radius 1 is 1.13 bits per heavy atom. The molecule has 1 aliphatic heterocycles. The normalized spacial score (nSPS) is 15.5. The number of halogens is 1. The van der Waals surface area contributed by atoms with Gasteiger partial charge >= 0.3 is 6.03 Å². The Morgan fingerprint density at radius 2 is 1.74 bits per heavy atom. The molecule has 0 spiro atoms. The number of rotatable bonds is 2. The number of amides is 3. The van der Waals surface area contributed by atoms with Crippen molar-refractivity contribution < 1.29 is 14.0 Å². The van der Waals surface area contributed by atoms with Gasteiger partial charge in [-0.15, -0.1) is 0 Å². The van der Waals surface area contributed by atoms with E-state index in [1.807, 2.05) is 0 Å². The van der Waals surface area contributed by atoms with Crippen LogP contribution in [-0.2, 0) is 0 Å². The second-order valence-corrected chi connectivity index (χ2v) is 7.01. The second kappa shape index (κ2) is 6.98. The summed E-state index contributed by atoms with van der Waals surface area (Å²) in [6.07, 6.45) is 0. The number of piperazine rings is 1. The third kappa shape index (κ3) is 4.94. The predicted molar refractivity (Wildman–Crippen MR) is 86.7 cm³/mol. The Balaban J connectivity index is 1.86. The van der Waals surface area contributed by atoms with E-state index in [4.69, 9.17) is 0 Å². The molecule has 5 nitrogen and oxygen atoms in total. The fourth-order valence-electron chi connectivity index (χ4n) is 2.37. The Hall–Kier alpha value is -2.11. The summed E-state index contributed by atoms with van der Waals surface area (Å²) in [6, 6.07) is 5.59. The molecule has 3 amide bonds. The van der Waals surface area contributed by atoms with Gasteiger partial charge in [0.2, 0.25) is 0 Å². The molecule has 1 aromatic carbocycles. The molecule has 0 aromatic heterocycles. The molecule has 0 radical (unpaired) electrons. The lowest BCUT2D eigenvalue weighted by atomic mass is 9.97. The Bertz CT molecular complexity index is 575. The molecule has 2 rings (SSSR count). The highest BCUT2D eigenvalue weighted by atomic mass is 19.1. The van der Waals surface area contributed by atoms with Crippen molar-refractivity contribution in [2.75, 3.05) is 32.7 Å². The zero-order valence-electron chi connectivity index (χ0n) is 13.9. The summed E-state index contributed by atoms with van der Waals surface area (Å²) >= 11 is 0. The molecule has 0 unspecified atom stereocenters. The molecule has 0 saturated carbocycles. The third-order valence-electron chi connectivity index (χ3n) is 3.70. The molecule has 0 bridgehead atoms. The fourth-order valence-corrected chi connectivity index (χ4v) is 2.37. The van der Waals surface area contributed by atoms with Gasteiger partial charge in [0.05, 0.1) is 0 Å². The Labute approximate surface area is 136 Å². The van der Waals surface area contributed by atoms with Crippen LogP contribution in [-0.4, -0.2) is 54.5 Å². The summed E-state index contributed by atoms with van der Waals surface area (Å²) in [5.74, 6) is -0.615. The molecular weight excluding hydrogens is 297 g/mol. The van der Waals surface area contributed by atoms with Gasteiger partial charge in [-0.3, -0.25) is 4.79 Å². The van der Waals surface area contributed by atoms with E-state index in [2.05, 4.69) is 26.1 Å². The van der Waals surface area contributed by atoms with Crippen LogP contribution in [0.1, 0.15) is 31.1 Å². The SMILES string of the molecule is CC(C)(C)CNC(=O)N1CCN(C(=O)c2cccc(F)c2)CC1. The minimum Gasteiger partial charge on any atom is -0.337 e. The molecule has 1 saturated heterocycles. The maximum absolute atomic E-state index is 13.2. The number of nitrogens with zero attached hydrogens (tertiary/aromatic N) is 2. The highest BCUT2D eigenvalue weighted by molar-refractivity contribution is 5.94. The Morgan fingerprint density at radius 3 is 2.30 bits per heavy atom. The highest BCUT2D eigenvalue weighted by Gasteiger charge is 2.25. The maximum atomic E-state index is 13.2. The van der Waals surface area contributed by atoms with Crippen molar-refractivity contribution in [1.82, 2.24) is 15.1 Å². The molecule has 0 atom stereocenters. The maximum Gasteiger partial charge on any atom is 0.317 e. The minimum atomic E-state index is -0.420. The van der Waals surface area contributed by atoms with Gasteiger partial charge in [-0.2, -0.15) is 0 Å². The van der Waals surface area contributed by atoms with Crippen LogP contribution in [0.5, 0.6) is 0 Å². The van der Waals surface area contributed by atoms with Crippen molar-refractivity contribution in [2.45, 2.75) is 20.8 Å². The average molecular weight is 321 g/mol. The zero-order valence-corrected chi connectivity index (χ0v) is 13.9. The number of carbonyl (C=O) groups is 2. The van der Waals surface area contributed by atoms with E-state index < -0.39 is 5.82 Å². The Kier molecular flexibility index (Phi) is 5.23. The van der Waals surface area contributed by atoms with E-state index in [-0.39, 0.29) is 17.4 Å². The molecule has 1 fully saturated rings. The van der Waals surface area contributed by atoms with E-state index in [0.717, 1.165) is 0 Å². The van der Waals surface area contributed by atoms with Gasteiger partial charge in [-0.1, -0.05) is 26.8 Å². The van der Waals surface area contributed by atoms with Gasteiger partial charge in [0, 0.05) is 38.3 Å². The van der Waals surface area contributed by atoms with Crippen molar-refractivity contribution in [3.8, 4) is 0 Å². The minimum absolute atomic E-state index is 0.0326. The molecular formula is C17H24FN3O2. The van der Waals surface area contributed by atoms with Gasteiger partial charge < -0.3 is 15.1 Å². The van der Waals surface area contributed by atoms with Crippen LogP contribution in [0.4, 0.5) is 9.18 Å². The third-order valence-corrected chi connectivity index (χ3v) is 3.70. The lowest BCUT2D eigenvalue weighted by molar-refractivity contribution is 0.0663. The van der Waals surface area contributed by atoms with Crippen molar-refractivity contribution in [3.63, 3.8) is 0 Å². The van der Waals surface area contributed by atoms with Gasteiger partial charge in [-0.05, 0) is 23.6 Å². The molecule has 1 aliphatic rings. The van der Waals surface area contributed by atoms with Crippen LogP contribution >= 0.6 is 0 Å². The number of benzene rings is 1. The second-order valence-electron chi connectivity index (χ2n) is 7.01. The van der Waals surface area contributed by atoms with Crippen molar-refractivity contribution in [1.29, 1.82) is 0 Å². The zero-order chi connectivity index (χ0) is 17.0. The number of nitrogens with one attached hydrogen (secondary N) is 1. The summed E-state index contributed by atoms with van der Waals surface area (Å²) < 4.78 is 13.2. The van der Waals surface area contributed by atoms with Gasteiger partial charge in [-0.25, -0.2) is 9.18 Å². The molecule has 126 valence electrons. The summed E-state index contributed by atoms with van der Waals surface area (Å²) in [7, 11) is 0. The van der Waals surface area contributed by atoms with E-state index >= 15 is 0 Å². The van der Waals surface area contributed by atoms with Crippen LogP contribution in [0.3, 0.4) is 0 Å². The number of urea groups is 1. The standard InChI is InChI=1S/C17H24FN3O2/c1-17(2,3)12-19-16(23)21-9-7-20(8-10-21)15(22)13-5-4-6-14(18)11-13/h4-6,11H,7-10,12H2,1-3H3,(H,19,23). The number of hydrogen-bond donors (Lipinski definition) is 1. The lowest BCUT2D eigenvalue weighted by Gasteiger charge is -2.35. The first kappa shape index (κ1) is 17.2. The summed E-state index contributed by atoms with van der Waals surface area (Å²) in [5, 5.41) is 2.91. The van der Waals surface area contributed by atoms with Crippen LogP contribution in [0.25, 0.3) is 0 Å². The monoisotopic (exact) mass is 321 g/mol. The summed E-state index contributed by atoms with van der Waals surface area (Å²) in [6.45, 7) is 8.66. The highest BCUT2D eigenvalue weighted by Crippen LogP contribution is 2.12. The lowest BCUT2D eigenvalue weighted by Crippen LogP contribution is -2.53. The van der Waals surface area contributed by atoms with Gasteiger partial charge in [0.1, 0.15) is 5.82 Å². The first-order valence-electron chi connectivity index (χ1n) is 7.84. The molecule has 6 heteroatoms. The van der Waals surface area contributed by atoms with E-state index in [9.17, 15) is 14.0 Å². The average Bonchev–Trinajstić information content (AvgIpc) is 2.51. The largest absolute Gasteiger partial charge is 0.337 e. The quantitative estimate of drug-likeness (QED) is 0.909. The first-order valence-corrected chi connectivity index (χ1v) is 7.84. The molecule has 23 heavy (non-hydrogen) atoms. The summed E-state index contributed by atoms with van der Waals surface area (Å²) in [5.41, 5.74) is 0.376. The smallest absolute Gasteiger partial charge is 0.317 e. The van der Waals surface area contributed by atoms with Crippen molar-refractivity contribution >= 4 is 11.9 Å². The van der Waals surface area contributed by atoms with E-state index in [0.29, 0.717) is 38.3 Å². The number of carbonyl (C=O) groups excluding carboxylic acids is 2. The van der Waals surface area contributed by atoms with Crippen molar-refractivity contribution in [3.05, 3.63) is 35.6 Å². The van der Waals surface area contributed by atoms with Crippen LogP contribution < -0.4 is 5.32 Å². The summed E-state index contributed by atoms with van der Waals surface area (Å²) in [4.78, 5) is 27.8. The van der Waals surface area contributed by atoms with E-state index in [1.54, 1.807) is 15.9 Å².